The second-order valence-electron chi connectivity index (χ2n) is 5.30. The molecule has 1 aliphatic carbocycles. The molecule has 20 heavy (non-hydrogen) atoms. The number of benzene rings is 1. The SMILES string of the molecule is N#Cc1cc(Br)ccc1NCC1CCC(C(N)=O)CC1. The molecule has 0 atom stereocenters. The molecule has 1 aromatic carbocycles. The summed E-state index contributed by atoms with van der Waals surface area (Å²) in [5.74, 6) is 0.422. The van der Waals surface area contributed by atoms with Gasteiger partial charge in [0, 0.05) is 16.9 Å². The fourth-order valence-corrected chi connectivity index (χ4v) is 3.03. The number of carbonyl (C=O) groups excluding carboxylic acids is 1. The van der Waals surface area contributed by atoms with Crippen LogP contribution in [-0.4, -0.2) is 12.5 Å². The van der Waals surface area contributed by atoms with Crippen molar-refractivity contribution in [2.75, 3.05) is 11.9 Å². The number of hydrogen-bond acceptors (Lipinski definition) is 3. The smallest absolute Gasteiger partial charge is 0.220 e. The van der Waals surface area contributed by atoms with Crippen molar-refractivity contribution in [2.45, 2.75) is 25.7 Å². The Morgan fingerprint density at radius 3 is 2.70 bits per heavy atom. The van der Waals surface area contributed by atoms with E-state index in [1.807, 2.05) is 18.2 Å². The van der Waals surface area contributed by atoms with Crippen LogP contribution in [0.3, 0.4) is 0 Å². The van der Waals surface area contributed by atoms with E-state index in [1.165, 1.54) is 0 Å². The highest BCUT2D eigenvalue weighted by Gasteiger charge is 2.24. The molecule has 0 aromatic heterocycles. The highest BCUT2D eigenvalue weighted by molar-refractivity contribution is 9.10. The third kappa shape index (κ3) is 3.73. The first-order valence-corrected chi connectivity index (χ1v) is 7.62. The molecule has 0 heterocycles. The Balaban J connectivity index is 1.88. The lowest BCUT2D eigenvalue weighted by molar-refractivity contribution is -0.122. The lowest BCUT2D eigenvalue weighted by atomic mass is 9.81. The number of nitrogens with zero attached hydrogens (tertiary/aromatic N) is 1. The minimum absolute atomic E-state index is 0.0496. The van der Waals surface area contributed by atoms with Gasteiger partial charge in [0.25, 0.3) is 0 Å². The van der Waals surface area contributed by atoms with Gasteiger partial charge in [-0.15, -0.1) is 0 Å². The summed E-state index contributed by atoms with van der Waals surface area (Å²) in [6.45, 7) is 0.835. The van der Waals surface area contributed by atoms with Crippen molar-refractivity contribution >= 4 is 27.5 Å². The van der Waals surface area contributed by atoms with Gasteiger partial charge in [0.2, 0.25) is 5.91 Å². The van der Waals surface area contributed by atoms with Crippen LogP contribution in [0.2, 0.25) is 0 Å². The average Bonchev–Trinajstić information content (AvgIpc) is 2.46. The quantitative estimate of drug-likeness (QED) is 0.887. The van der Waals surface area contributed by atoms with E-state index < -0.39 is 0 Å². The van der Waals surface area contributed by atoms with Crippen molar-refractivity contribution in [2.24, 2.45) is 17.6 Å². The Hall–Kier alpha value is -1.54. The summed E-state index contributed by atoms with van der Waals surface area (Å²) in [7, 11) is 0. The van der Waals surface area contributed by atoms with E-state index in [9.17, 15) is 4.79 Å². The van der Waals surface area contributed by atoms with Crippen molar-refractivity contribution in [3.05, 3.63) is 28.2 Å². The van der Waals surface area contributed by atoms with Crippen LogP contribution in [0.4, 0.5) is 5.69 Å². The van der Waals surface area contributed by atoms with E-state index in [0.29, 0.717) is 11.5 Å². The third-order valence-corrected chi connectivity index (χ3v) is 4.43. The molecule has 106 valence electrons. The monoisotopic (exact) mass is 335 g/mol. The van der Waals surface area contributed by atoms with E-state index in [0.717, 1.165) is 42.4 Å². The lowest BCUT2D eigenvalue weighted by Gasteiger charge is -2.27. The normalized spacial score (nSPS) is 22.0. The van der Waals surface area contributed by atoms with Crippen molar-refractivity contribution < 1.29 is 4.79 Å². The summed E-state index contributed by atoms with van der Waals surface area (Å²) in [5.41, 5.74) is 6.85. The topological polar surface area (TPSA) is 78.9 Å². The minimum atomic E-state index is -0.170. The molecule has 4 nitrogen and oxygen atoms in total. The van der Waals surface area contributed by atoms with Crippen molar-refractivity contribution in [1.29, 1.82) is 5.26 Å². The zero-order valence-electron chi connectivity index (χ0n) is 11.2. The number of anilines is 1. The average molecular weight is 336 g/mol. The minimum Gasteiger partial charge on any atom is -0.384 e. The maximum Gasteiger partial charge on any atom is 0.220 e. The number of primary amides is 1. The fraction of sp³-hybridized carbons (Fsp3) is 0.467. The first-order valence-electron chi connectivity index (χ1n) is 6.83. The third-order valence-electron chi connectivity index (χ3n) is 3.93. The molecule has 0 saturated heterocycles. The maximum absolute atomic E-state index is 11.1. The second-order valence-corrected chi connectivity index (χ2v) is 6.22. The summed E-state index contributed by atoms with van der Waals surface area (Å²) in [6, 6.07) is 7.84. The Kier molecular flexibility index (Phi) is 5.02. The van der Waals surface area contributed by atoms with E-state index in [1.54, 1.807) is 0 Å². The van der Waals surface area contributed by atoms with Crippen LogP contribution in [-0.2, 0) is 4.79 Å². The van der Waals surface area contributed by atoms with Crippen molar-refractivity contribution in [1.82, 2.24) is 0 Å². The number of nitrogens with one attached hydrogen (secondary N) is 1. The van der Waals surface area contributed by atoms with E-state index in [4.69, 9.17) is 11.0 Å². The molecule has 3 N–H and O–H groups in total. The predicted molar refractivity (Wildman–Crippen MR) is 82.0 cm³/mol. The van der Waals surface area contributed by atoms with Gasteiger partial charge in [0.1, 0.15) is 6.07 Å². The standard InChI is InChI=1S/C15H18BrN3O/c16-13-5-6-14(12(7-13)8-17)19-9-10-1-3-11(4-2-10)15(18)20/h5-7,10-11,19H,1-4,9H2,(H2,18,20). The Morgan fingerprint density at radius 2 is 2.10 bits per heavy atom. The largest absolute Gasteiger partial charge is 0.384 e. The van der Waals surface area contributed by atoms with Crippen molar-refractivity contribution in [3.8, 4) is 6.07 Å². The zero-order valence-corrected chi connectivity index (χ0v) is 12.8. The molecule has 0 bridgehead atoms. The molecule has 0 aliphatic heterocycles. The predicted octanol–water partition coefficient (Wildman–Crippen LogP) is 3.02. The van der Waals surface area contributed by atoms with E-state index in [-0.39, 0.29) is 11.8 Å². The highest BCUT2D eigenvalue weighted by Crippen LogP contribution is 2.29. The van der Waals surface area contributed by atoms with Gasteiger partial charge >= 0.3 is 0 Å². The number of nitriles is 1. The molecule has 1 fully saturated rings. The molecule has 1 aliphatic rings. The van der Waals surface area contributed by atoms with E-state index >= 15 is 0 Å². The molecular weight excluding hydrogens is 318 g/mol. The molecule has 0 radical (unpaired) electrons. The fourth-order valence-electron chi connectivity index (χ4n) is 2.67. The highest BCUT2D eigenvalue weighted by atomic mass is 79.9. The van der Waals surface area contributed by atoms with Gasteiger partial charge in [0.05, 0.1) is 11.3 Å². The second kappa shape index (κ2) is 6.76. The van der Waals surface area contributed by atoms with Gasteiger partial charge in [-0.05, 0) is 49.8 Å². The summed E-state index contributed by atoms with van der Waals surface area (Å²) in [5, 5.41) is 12.5. The first-order chi connectivity index (χ1) is 9.60. The summed E-state index contributed by atoms with van der Waals surface area (Å²) < 4.78 is 0.904. The Morgan fingerprint density at radius 1 is 1.40 bits per heavy atom. The van der Waals surface area contributed by atoms with Gasteiger partial charge in [-0.2, -0.15) is 5.26 Å². The van der Waals surface area contributed by atoms with Crippen LogP contribution in [0.25, 0.3) is 0 Å². The molecule has 1 saturated carbocycles. The van der Waals surface area contributed by atoms with Crippen LogP contribution in [0.15, 0.2) is 22.7 Å². The van der Waals surface area contributed by atoms with Crippen LogP contribution in [0.5, 0.6) is 0 Å². The molecule has 2 rings (SSSR count). The molecular formula is C15H18BrN3O. The summed E-state index contributed by atoms with van der Waals surface area (Å²) in [4.78, 5) is 11.1. The van der Waals surface area contributed by atoms with Crippen molar-refractivity contribution in [3.63, 3.8) is 0 Å². The van der Waals surface area contributed by atoms with Crippen LogP contribution in [0.1, 0.15) is 31.2 Å². The number of halogens is 1. The van der Waals surface area contributed by atoms with Crippen LogP contribution >= 0.6 is 15.9 Å². The molecule has 0 spiro atoms. The molecule has 5 heteroatoms. The van der Waals surface area contributed by atoms with Gasteiger partial charge in [-0.3, -0.25) is 4.79 Å². The van der Waals surface area contributed by atoms with Crippen LogP contribution < -0.4 is 11.1 Å². The lowest BCUT2D eigenvalue weighted by Crippen LogP contribution is -2.29. The number of rotatable bonds is 4. The number of nitrogens with two attached hydrogens (primary N) is 1. The molecule has 1 aromatic rings. The Bertz CT molecular complexity index is 530. The molecule has 0 unspecified atom stereocenters. The Labute approximate surface area is 127 Å². The molecule has 1 amide bonds. The van der Waals surface area contributed by atoms with Gasteiger partial charge in [-0.25, -0.2) is 0 Å². The number of hydrogen-bond donors (Lipinski definition) is 2. The van der Waals surface area contributed by atoms with Gasteiger partial charge < -0.3 is 11.1 Å². The van der Waals surface area contributed by atoms with Crippen LogP contribution in [0, 0.1) is 23.2 Å². The van der Waals surface area contributed by atoms with Gasteiger partial charge in [0.15, 0.2) is 0 Å². The zero-order chi connectivity index (χ0) is 14.5. The summed E-state index contributed by atoms with van der Waals surface area (Å²) in [6.07, 6.45) is 3.79. The maximum atomic E-state index is 11.1. The number of amides is 1. The number of carbonyl (C=O) groups is 1. The summed E-state index contributed by atoms with van der Waals surface area (Å²) >= 11 is 3.36. The first kappa shape index (κ1) is 14.9. The van der Waals surface area contributed by atoms with E-state index in [2.05, 4.69) is 27.3 Å². The van der Waals surface area contributed by atoms with Gasteiger partial charge in [-0.1, -0.05) is 15.9 Å².